The summed E-state index contributed by atoms with van der Waals surface area (Å²) < 4.78 is 0.998. The first-order chi connectivity index (χ1) is 8.59. The number of hydrogen-bond acceptors (Lipinski definition) is 1. The van der Waals surface area contributed by atoms with Crippen molar-refractivity contribution in [2.24, 2.45) is 0 Å². The monoisotopic (exact) mass is 373 g/mol. The van der Waals surface area contributed by atoms with Crippen LogP contribution in [0, 0.1) is 0 Å². The van der Waals surface area contributed by atoms with Gasteiger partial charge in [-0.25, -0.2) is 0 Å². The number of carbonyl (C=O) groups excluding carboxylic acids is 1. The Kier molecular flexibility index (Phi) is 4.84. The van der Waals surface area contributed by atoms with Crippen LogP contribution < -0.4 is 0 Å². The summed E-state index contributed by atoms with van der Waals surface area (Å²) in [6.45, 7) is 0. The second kappa shape index (κ2) is 6.20. The predicted octanol–water partition coefficient (Wildman–Crippen LogP) is 4.23. The van der Waals surface area contributed by atoms with E-state index in [0.717, 1.165) is 22.9 Å². The molecule has 1 saturated carbocycles. The summed E-state index contributed by atoms with van der Waals surface area (Å²) in [5.74, 6) is 0.110. The van der Waals surface area contributed by atoms with Crippen molar-refractivity contribution in [2.45, 2.75) is 36.6 Å². The van der Waals surface area contributed by atoms with Gasteiger partial charge in [-0.3, -0.25) is 4.79 Å². The molecule has 0 aromatic heterocycles. The molecule has 2 rings (SSSR count). The zero-order valence-electron chi connectivity index (χ0n) is 10.4. The Labute approximate surface area is 125 Å². The molecule has 1 fully saturated rings. The smallest absolute Gasteiger partial charge is 0.253 e. The van der Waals surface area contributed by atoms with E-state index in [0.29, 0.717) is 10.9 Å². The highest BCUT2D eigenvalue weighted by Crippen LogP contribution is 2.28. The van der Waals surface area contributed by atoms with E-state index < -0.39 is 0 Å². The van der Waals surface area contributed by atoms with Gasteiger partial charge in [-0.2, -0.15) is 0 Å². The summed E-state index contributed by atoms with van der Waals surface area (Å²) >= 11 is 7.09. The van der Waals surface area contributed by atoms with E-state index in [1.807, 2.05) is 36.2 Å². The van der Waals surface area contributed by atoms with E-state index >= 15 is 0 Å². The maximum absolute atomic E-state index is 12.4. The highest BCUT2D eigenvalue weighted by molar-refractivity contribution is 9.10. The second-order valence-electron chi connectivity index (χ2n) is 4.79. The summed E-state index contributed by atoms with van der Waals surface area (Å²) in [4.78, 5) is 14.7. The number of alkyl halides is 1. The first kappa shape index (κ1) is 14.1. The van der Waals surface area contributed by atoms with Crippen molar-refractivity contribution in [2.75, 3.05) is 7.05 Å². The van der Waals surface area contributed by atoms with Crippen LogP contribution in [0.2, 0.25) is 0 Å². The Balaban J connectivity index is 2.10. The van der Waals surface area contributed by atoms with Gasteiger partial charge in [-0.1, -0.05) is 44.7 Å². The van der Waals surface area contributed by atoms with Gasteiger partial charge < -0.3 is 4.90 Å². The van der Waals surface area contributed by atoms with Gasteiger partial charge in [0, 0.05) is 28.0 Å². The molecule has 0 saturated heterocycles. The number of nitrogens with zero attached hydrogens (tertiary/aromatic N) is 1. The third-order valence-electron chi connectivity index (χ3n) is 3.56. The molecule has 1 aromatic rings. The molecular weight excluding hydrogens is 358 g/mol. The Bertz CT molecular complexity index is 418. The van der Waals surface area contributed by atoms with Crippen LogP contribution in [0.3, 0.4) is 0 Å². The van der Waals surface area contributed by atoms with Gasteiger partial charge in [0.05, 0.1) is 0 Å². The lowest BCUT2D eigenvalue weighted by Gasteiger charge is -2.35. The van der Waals surface area contributed by atoms with Crippen molar-refractivity contribution in [1.82, 2.24) is 4.90 Å². The summed E-state index contributed by atoms with van der Waals surface area (Å²) in [6, 6.07) is 7.88. The van der Waals surface area contributed by atoms with Crippen LogP contribution in [0.15, 0.2) is 28.7 Å². The molecule has 0 radical (unpaired) electrons. The minimum absolute atomic E-state index is 0.110. The number of halogens is 2. The molecule has 98 valence electrons. The second-order valence-corrected chi connectivity index (χ2v) is 6.88. The SMILES string of the molecule is CN(C(=O)c1ccc(Br)cc1)C1CCCCC1Br. The van der Waals surface area contributed by atoms with Gasteiger partial charge in [0.1, 0.15) is 0 Å². The van der Waals surface area contributed by atoms with Crippen LogP contribution in [0.25, 0.3) is 0 Å². The molecular formula is C14H17Br2NO. The molecule has 0 N–H and O–H groups in total. The van der Waals surface area contributed by atoms with Crippen LogP contribution in [0.5, 0.6) is 0 Å². The molecule has 0 spiro atoms. The first-order valence-electron chi connectivity index (χ1n) is 6.26. The molecule has 1 aromatic carbocycles. The van der Waals surface area contributed by atoms with Gasteiger partial charge in [-0.15, -0.1) is 0 Å². The zero-order valence-corrected chi connectivity index (χ0v) is 13.6. The Morgan fingerprint density at radius 1 is 1.22 bits per heavy atom. The van der Waals surface area contributed by atoms with Crippen LogP contribution in [0.1, 0.15) is 36.0 Å². The standard InChI is InChI=1S/C14H17Br2NO/c1-17(13-5-3-2-4-12(13)16)14(18)10-6-8-11(15)9-7-10/h6-9,12-13H,2-5H2,1H3. The fourth-order valence-electron chi connectivity index (χ4n) is 2.45. The molecule has 2 unspecified atom stereocenters. The summed E-state index contributed by atoms with van der Waals surface area (Å²) in [6.07, 6.45) is 4.72. The van der Waals surface area contributed by atoms with E-state index in [4.69, 9.17) is 0 Å². The third-order valence-corrected chi connectivity index (χ3v) is 5.15. The summed E-state index contributed by atoms with van der Waals surface area (Å²) in [5.41, 5.74) is 0.756. The molecule has 0 aliphatic heterocycles. The first-order valence-corrected chi connectivity index (χ1v) is 7.97. The molecule has 0 bridgehead atoms. The summed E-state index contributed by atoms with van der Waals surface area (Å²) in [5, 5.41) is 0. The fraction of sp³-hybridized carbons (Fsp3) is 0.500. The normalized spacial score (nSPS) is 23.7. The van der Waals surface area contributed by atoms with E-state index in [-0.39, 0.29) is 5.91 Å². The predicted molar refractivity (Wildman–Crippen MR) is 81.2 cm³/mol. The van der Waals surface area contributed by atoms with E-state index in [2.05, 4.69) is 31.9 Å². The highest BCUT2D eigenvalue weighted by Gasteiger charge is 2.29. The van der Waals surface area contributed by atoms with Gasteiger partial charge in [0.2, 0.25) is 0 Å². The lowest BCUT2D eigenvalue weighted by atomic mass is 9.94. The number of carbonyl (C=O) groups is 1. The van der Waals surface area contributed by atoms with Crippen molar-refractivity contribution >= 4 is 37.8 Å². The Hall–Kier alpha value is -0.350. The molecule has 1 aliphatic rings. The van der Waals surface area contributed by atoms with Crippen molar-refractivity contribution in [3.8, 4) is 0 Å². The van der Waals surface area contributed by atoms with E-state index in [9.17, 15) is 4.79 Å². The van der Waals surface area contributed by atoms with Gasteiger partial charge in [-0.05, 0) is 37.1 Å². The molecule has 4 heteroatoms. The third kappa shape index (κ3) is 3.15. The molecule has 1 amide bonds. The van der Waals surface area contributed by atoms with Crippen molar-refractivity contribution in [3.05, 3.63) is 34.3 Å². The molecule has 1 aliphatic carbocycles. The highest BCUT2D eigenvalue weighted by atomic mass is 79.9. The number of rotatable bonds is 2. The van der Waals surface area contributed by atoms with Gasteiger partial charge in [0.25, 0.3) is 5.91 Å². The summed E-state index contributed by atoms with van der Waals surface area (Å²) in [7, 11) is 1.91. The minimum atomic E-state index is 0.110. The van der Waals surface area contributed by atoms with Crippen LogP contribution in [-0.2, 0) is 0 Å². The average molecular weight is 375 g/mol. The topological polar surface area (TPSA) is 20.3 Å². The Morgan fingerprint density at radius 3 is 2.44 bits per heavy atom. The Morgan fingerprint density at radius 2 is 1.83 bits per heavy atom. The minimum Gasteiger partial charge on any atom is -0.338 e. The largest absolute Gasteiger partial charge is 0.338 e. The fourth-order valence-corrected chi connectivity index (χ4v) is 3.66. The lowest BCUT2D eigenvalue weighted by molar-refractivity contribution is 0.0705. The van der Waals surface area contributed by atoms with E-state index in [1.54, 1.807) is 0 Å². The molecule has 18 heavy (non-hydrogen) atoms. The number of hydrogen-bond donors (Lipinski definition) is 0. The van der Waals surface area contributed by atoms with Crippen LogP contribution in [-0.4, -0.2) is 28.7 Å². The molecule has 2 nitrogen and oxygen atoms in total. The molecule has 2 atom stereocenters. The zero-order chi connectivity index (χ0) is 13.1. The maximum atomic E-state index is 12.4. The lowest BCUT2D eigenvalue weighted by Crippen LogP contribution is -2.44. The average Bonchev–Trinajstić information content (AvgIpc) is 2.38. The van der Waals surface area contributed by atoms with Crippen molar-refractivity contribution < 1.29 is 4.79 Å². The maximum Gasteiger partial charge on any atom is 0.253 e. The van der Waals surface area contributed by atoms with Crippen LogP contribution >= 0.6 is 31.9 Å². The van der Waals surface area contributed by atoms with Crippen LogP contribution in [0.4, 0.5) is 0 Å². The van der Waals surface area contributed by atoms with Crippen molar-refractivity contribution in [1.29, 1.82) is 0 Å². The van der Waals surface area contributed by atoms with Crippen molar-refractivity contribution in [3.63, 3.8) is 0 Å². The molecule has 0 heterocycles. The van der Waals surface area contributed by atoms with Gasteiger partial charge >= 0.3 is 0 Å². The number of amides is 1. The number of benzene rings is 1. The quantitative estimate of drug-likeness (QED) is 0.709. The van der Waals surface area contributed by atoms with E-state index in [1.165, 1.54) is 12.8 Å². The van der Waals surface area contributed by atoms with Gasteiger partial charge in [0.15, 0.2) is 0 Å².